The molecule has 0 radical (unpaired) electrons. The van der Waals surface area contributed by atoms with E-state index in [1.807, 2.05) is 31.2 Å². The van der Waals surface area contributed by atoms with Gasteiger partial charge in [0.1, 0.15) is 0 Å². The Labute approximate surface area is 96.7 Å². The predicted molar refractivity (Wildman–Crippen MR) is 65.5 cm³/mol. The Balaban J connectivity index is 2.59. The van der Waals surface area contributed by atoms with Crippen LogP contribution < -0.4 is 4.90 Å². The van der Waals surface area contributed by atoms with Crippen molar-refractivity contribution in [1.82, 2.24) is 0 Å². The van der Waals surface area contributed by atoms with Gasteiger partial charge in [0.25, 0.3) is 0 Å². The molecule has 0 bridgehead atoms. The summed E-state index contributed by atoms with van der Waals surface area (Å²) in [6, 6.07) is 7.81. The van der Waals surface area contributed by atoms with Gasteiger partial charge in [0.05, 0.1) is 6.10 Å². The van der Waals surface area contributed by atoms with Crippen molar-refractivity contribution in [2.45, 2.75) is 32.8 Å². The van der Waals surface area contributed by atoms with Crippen molar-refractivity contribution in [3.05, 3.63) is 29.8 Å². The Bertz CT molecular complexity index is 343. The third kappa shape index (κ3) is 3.66. The number of amides is 1. The number of rotatable bonds is 4. The number of aliphatic hydroxyl groups is 1. The average molecular weight is 221 g/mol. The molecule has 3 nitrogen and oxygen atoms in total. The number of nitrogens with zero attached hydrogens (tertiary/aromatic N) is 1. The minimum absolute atomic E-state index is 0.0322. The summed E-state index contributed by atoms with van der Waals surface area (Å²) in [5.74, 6) is 0.0322. The topological polar surface area (TPSA) is 40.5 Å². The summed E-state index contributed by atoms with van der Waals surface area (Å²) in [6.07, 6.45) is 0.465. The van der Waals surface area contributed by atoms with E-state index in [-0.39, 0.29) is 5.91 Å². The van der Waals surface area contributed by atoms with Crippen LogP contribution in [0, 0.1) is 6.92 Å². The van der Waals surface area contributed by atoms with Crippen LogP contribution in [-0.2, 0) is 4.79 Å². The van der Waals surface area contributed by atoms with E-state index in [1.165, 1.54) is 5.56 Å². The quantitative estimate of drug-likeness (QED) is 0.846. The smallest absolute Gasteiger partial charge is 0.226 e. The second-order valence-corrected chi connectivity index (χ2v) is 4.18. The number of hydrogen-bond donors (Lipinski definition) is 1. The van der Waals surface area contributed by atoms with E-state index in [4.69, 9.17) is 5.11 Å². The van der Waals surface area contributed by atoms with E-state index in [0.717, 1.165) is 5.69 Å². The maximum atomic E-state index is 11.7. The Hall–Kier alpha value is -1.35. The van der Waals surface area contributed by atoms with Gasteiger partial charge < -0.3 is 10.0 Å². The number of anilines is 1. The minimum atomic E-state index is -0.421. The number of carbonyl (C=O) groups is 1. The standard InChI is InChI=1S/C13H19NO2/c1-10-4-7-12(8-5-10)14(3)13(16)9-6-11(2)15/h4-5,7-8,11,15H,6,9H2,1-3H3. The van der Waals surface area contributed by atoms with Crippen LogP contribution in [0.3, 0.4) is 0 Å². The Morgan fingerprint density at radius 3 is 2.44 bits per heavy atom. The summed E-state index contributed by atoms with van der Waals surface area (Å²) in [4.78, 5) is 13.4. The van der Waals surface area contributed by atoms with Crippen LogP contribution in [0.25, 0.3) is 0 Å². The van der Waals surface area contributed by atoms with Crippen LogP contribution in [0.2, 0.25) is 0 Å². The molecule has 0 aliphatic carbocycles. The van der Waals surface area contributed by atoms with Gasteiger partial charge in [-0.2, -0.15) is 0 Å². The molecule has 0 saturated carbocycles. The number of benzene rings is 1. The lowest BCUT2D eigenvalue weighted by molar-refractivity contribution is -0.118. The van der Waals surface area contributed by atoms with Crippen molar-refractivity contribution >= 4 is 11.6 Å². The lowest BCUT2D eigenvalue weighted by Crippen LogP contribution is -2.26. The SMILES string of the molecule is Cc1ccc(N(C)C(=O)CCC(C)O)cc1. The molecule has 1 amide bonds. The summed E-state index contributed by atoms with van der Waals surface area (Å²) in [5, 5.41) is 9.12. The van der Waals surface area contributed by atoms with E-state index >= 15 is 0 Å². The Kier molecular flexibility index (Phi) is 4.50. The largest absolute Gasteiger partial charge is 0.393 e. The van der Waals surface area contributed by atoms with Gasteiger partial charge in [0.15, 0.2) is 0 Å². The van der Waals surface area contributed by atoms with Gasteiger partial charge in [-0.1, -0.05) is 17.7 Å². The van der Waals surface area contributed by atoms with Gasteiger partial charge in [0, 0.05) is 19.2 Å². The molecule has 1 unspecified atom stereocenters. The third-order valence-electron chi connectivity index (χ3n) is 2.57. The highest BCUT2D eigenvalue weighted by Crippen LogP contribution is 2.15. The Morgan fingerprint density at radius 1 is 1.38 bits per heavy atom. The van der Waals surface area contributed by atoms with Gasteiger partial charge in [-0.05, 0) is 32.4 Å². The molecule has 0 fully saturated rings. The molecule has 0 aliphatic rings. The fourth-order valence-electron chi connectivity index (χ4n) is 1.41. The molecule has 1 aromatic carbocycles. The molecule has 1 aromatic rings. The van der Waals surface area contributed by atoms with Gasteiger partial charge in [-0.25, -0.2) is 0 Å². The minimum Gasteiger partial charge on any atom is -0.393 e. The van der Waals surface area contributed by atoms with Crippen molar-refractivity contribution in [3.8, 4) is 0 Å². The normalized spacial score (nSPS) is 12.2. The fourth-order valence-corrected chi connectivity index (χ4v) is 1.41. The maximum absolute atomic E-state index is 11.7. The van der Waals surface area contributed by atoms with Crippen molar-refractivity contribution in [2.24, 2.45) is 0 Å². The molecular formula is C13H19NO2. The molecule has 1 atom stereocenters. The second-order valence-electron chi connectivity index (χ2n) is 4.18. The average Bonchev–Trinajstić information content (AvgIpc) is 2.26. The first-order valence-corrected chi connectivity index (χ1v) is 5.52. The van der Waals surface area contributed by atoms with E-state index < -0.39 is 6.10 Å². The van der Waals surface area contributed by atoms with Crippen molar-refractivity contribution in [1.29, 1.82) is 0 Å². The molecule has 1 N–H and O–H groups in total. The maximum Gasteiger partial charge on any atom is 0.226 e. The molecule has 0 heterocycles. The summed E-state index contributed by atoms with van der Waals surface area (Å²) in [7, 11) is 1.76. The highest BCUT2D eigenvalue weighted by molar-refractivity contribution is 5.92. The van der Waals surface area contributed by atoms with Gasteiger partial charge >= 0.3 is 0 Å². The predicted octanol–water partition coefficient (Wildman–Crippen LogP) is 2.12. The first kappa shape index (κ1) is 12.7. The summed E-state index contributed by atoms with van der Waals surface area (Å²) in [6.45, 7) is 3.71. The van der Waals surface area contributed by atoms with Crippen LogP contribution in [0.4, 0.5) is 5.69 Å². The zero-order valence-corrected chi connectivity index (χ0v) is 10.1. The van der Waals surface area contributed by atoms with Crippen LogP contribution in [0.5, 0.6) is 0 Å². The molecule has 0 aliphatic heterocycles. The summed E-state index contributed by atoms with van der Waals surface area (Å²) in [5.41, 5.74) is 2.06. The first-order valence-electron chi connectivity index (χ1n) is 5.52. The zero-order valence-electron chi connectivity index (χ0n) is 10.1. The van der Waals surface area contributed by atoms with Crippen LogP contribution >= 0.6 is 0 Å². The van der Waals surface area contributed by atoms with Crippen LogP contribution in [0.15, 0.2) is 24.3 Å². The first-order chi connectivity index (χ1) is 7.50. The van der Waals surface area contributed by atoms with Crippen molar-refractivity contribution < 1.29 is 9.90 Å². The van der Waals surface area contributed by atoms with E-state index in [0.29, 0.717) is 12.8 Å². The molecule has 3 heteroatoms. The Morgan fingerprint density at radius 2 is 1.94 bits per heavy atom. The van der Waals surface area contributed by atoms with Crippen molar-refractivity contribution in [2.75, 3.05) is 11.9 Å². The molecule has 0 spiro atoms. The van der Waals surface area contributed by atoms with E-state index in [9.17, 15) is 4.79 Å². The molecule has 16 heavy (non-hydrogen) atoms. The van der Waals surface area contributed by atoms with E-state index in [1.54, 1.807) is 18.9 Å². The van der Waals surface area contributed by atoms with E-state index in [2.05, 4.69) is 0 Å². The van der Waals surface area contributed by atoms with Crippen LogP contribution in [0.1, 0.15) is 25.3 Å². The second kappa shape index (κ2) is 5.66. The number of carbonyl (C=O) groups excluding carboxylic acids is 1. The van der Waals surface area contributed by atoms with Gasteiger partial charge in [0.2, 0.25) is 5.91 Å². The summed E-state index contributed by atoms with van der Waals surface area (Å²) < 4.78 is 0. The number of aliphatic hydroxyl groups excluding tert-OH is 1. The van der Waals surface area contributed by atoms with Gasteiger partial charge in [-0.3, -0.25) is 4.79 Å². The highest BCUT2D eigenvalue weighted by Gasteiger charge is 2.11. The molecule has 0 aromatic heterocycles. The molecule has 1 rings (SSSR count). The molecule has 88 valence electrons. The fraction of sp³-hybridized carbons (Fsp3) is 0.462. The zero-order chi connectivity index (χ0) is 12.1. The molecular weight excluding hydrogens is 202 g/mol. The highest BCUT2D eigenvalue weighted by atomic mass is 16.3. The van der Waals surface area contributed by atoms with Crippen LogP contribution in [-0.4, -0.2) is 24.2 Å². The van der Waals surface area contributed by atoms with Gasteiger partial charge in [-0.15, -0.1) is 0 Å². The molecule has 0 saturated heterocycles. The lowest BCUT2D eigenvalue weighted by Gasteiger charge is -2.17. The number of aryl methyl sites for hydroxylation is 1. The van der Waals surface area contributed by atoms with Crippen molar-refractivity contribution in [3.63, 3.8) is 0 Å². The monoisotopic (exact) mass is 221 g/mol. The third-order valence-corrected chi connectivity index (χ3v) is 2.57. The summed E-state index contributed by atoms with van der Waals surface area (Å²) >= 11 is 0. The number of hydrogen-bond acceptors (Lipinski definition) is 2. The lowest BCUT2D eigenvalue weighted by atomic mass is 10.2.